The first kappa shape index (κ1) is 16.6. The minimum atomic E-state index is -4.56. The topological polar surface area (TPSA) is 23.6 Å². The van der Waals surface area contributed by atoms with Crippen LogP contribution < -0.4 is 0 Å². The van der Waals surface area contributed by atoms with Crippen LogP contribution in [-0.4, -0.2) is 48.9 Å². The first-order valence-corrected chi connectivity index (χ1v) is 7.93. The van der Waals surface area contributed by atoms with E-state index in [4.69, 9.17) is 11.6 Å². The van der Waals surface area contributed by atoms with Crippen molar-refractivity contribution in [2.75, 3.05) is 33.2 Å². The molecule has 2 aliphatic heterocycles. The summed E-state index contributed by atoms with van der Waals surface area (Å²) in [6.07, 6.45) is -2.63. The Morgan fingerprint density at radius 3 is 2.52 bits per heavy atom. The van der Waals surface area contributed by atoms with Gasteiger partial charge in [0.05, 0.1) is 10.6 Å². The maximum Gasteiger partial charge on any atom is 0.417 e. The number of carbonyl (C=O) groups is 1. The van der Waals surface area contributed by atoms with Gasteiger partial charge in [0.2, 0.25) is 0 Å². The first-order chi connectivity index (χ1) is 10.7. The van der Waals surface area contributed by atoms with Gasteiger partial charge in [-0.15, -0.1) is 0 Å². The highest BCUT2D eigenvalue weighted by atomic mass is 35.5. The average Bonchev–Trinajstić information content (AvgIpc) is 3.04. The van der Waals surface area contributed by atoms with Crippen molar-refractivity contribution in [1.29, 1.82) is 0 Å². The van der Waals surface area contributed by atoms with Gasteiger partial charge < -0.3 is 9.80 Å². The lowest BCUT2D eigenvalue weighted by atomic mass is 9.86. The van der Waals surface area contributed by atoms with Gasteiger partial charge >= 0.3 is 6.18 Å². The minimum Gasteiger partial charge on any atom is -0.338 e. The van der Waals surface area contributed by atoms with Gasteiger partial charge in [-0.25, -0.2) is 0 Å². The highest BCUT2D eigenvalue weighted by Crippen LogP contribution is 2.40. The molecule has 23 heavy (non-hydrogen) atoms. The lowest BCUT2D eigenvalue weighted by Gasteiger charge is -2.24. The van der Waals surface area contributed by atoms with E-state index in [0.29, 0.717) is 13.1 Å². The lowest BCUT2D eigenvalue weighted by Crippen LogP contribution is -2.33. The van der Waals surface area contributed by atoms with Gasteiger partial charge in [0.1, 0.15) is 0 Å². The zero-order valence-electron chi connectivity index (χ0n) is 12.8. The van der Waals surface area contributed by atoms with Crippen LogP contribution in [0.4, 0.5) is 13.2 Å². The molecule has 3 rings (SSSR count). The number of alkyl halides is 3. The highest BCUT2D eigenvalue weighted by Gasteiger charge is 2.44. The summed E-state index contributed by atoms with van der Waals surface area (Å²) < 4.78 is 38.8. The molecule has 1 aromatic rings. The second kappa shape index (κ2) is 5.67. The van der Waals surface area contributed by atoms with Crippen LogP contribution in [0.25, 0.3) is 0 Å². The molecule has 1 aromatic carbocycles. The highest BCUT2D eigenvalue weighted by molar-refractivity contribution is 6.31. The van der Waals surface area contributed by atoms with Crippen LogP contribution in [0.1, 0.15) is 28.8 Å². The van der Waals surface area contributed by atoms with E-state index in [1.807, 2.05) is 7.05 Å². The van der Waals surface area contributed by atoms with Crippen LogP contribution in [-0.2, 0) is 6.18 Å². The molecule has 1 amide bonds. The smallest absolute Gasteiger partial charge is 0.338 e. The second-order valence-corrected chi connectivity index (χ2v) is 7.06. The summed E-state index contributed by atoms with van der Waals surface area (Å²) in [5.41, 5.74) is -0.811. The predicted molar refractivity (Wildman–Crippen MR) is 81.5 cm³/mol. The molecule has 1 spiro atoms. The minimum absolute atomic E-state index is 0.0464. The molecule has 0 bridgehead atoms. The molecule has 2 aliphatic rings. The van der Waals surface area contributed by atoms with Gasteiger partial charge in [-0.1, -0.05) is 11.6 Å². The molecule has 1 atom stereocenters. The van der Waals surface area contributed by atoms with Crippen molar-refractivity contribution in [2.45, 2.75) is 19.0 Å². The van der Waals surface area contributed by atoms with Gasteiger partial charge in [-0.3, -0.25) is 4.79 Å². The number of halogens is 4. The van der Waals surface area contributed by atoms with E-state index in [9.17, 15) is 18.0 Å². The summed E-state index contributed by atoms with van der Waals surface area (Å²) in [5, 5.41) is -0.385. The Morgan fingerprint density at radius 1 is 1.22 bits per heavy atom. The normalized spacial score (nSPS) is 25.5. The van der Waals surface area contributed by atoms with E-state index < -0.39 is 11.7 Å². The third-order valence-electron chi connectivity index (χ3n) is 4.87. The van der Waals surface area contributed by atoms with Gasteiger partial charge in [-0.05, 0) is 44.6 Å². The second-order valence-electron chi connectivity index (χ2n) is 6.66. The molecule has 0 radical (unpaired) electrons. The molecule has 0 aliphatic carbocycles. The number of hydrogen-bond acceptors (Lipinski definition) is 2. The van der Waals surface area contributed by atoms with Crippen LogP contribution in [0.5, 0.6) is 0 Å². The Morgan fingerprint density at radius 2 is 1.91 bits per heavy atom. The van der Waals surface area contributed by atoms with E-state index in [2.05, 4.69) is 4.90 Å². The standard InChI is InChI=1S/C16H18ClF3N2O/c1-21-6-4-15(9-21)5-7-22(10-15)14(23)11-2-3-13(17)12(8-11)16(18,19)20/h2-3,8H,4-7,9-10H2,1H3. The predicted octanol–water partition coefficient (Wildman–Crippen LogP) is 3.53. The summed E-state index contributed by atoms with van der Waals surface area (Å²) in [6, 6.07) is 3.37. The van der Waals surface area contributed by atoms with Crippen molar-refractivity contribution in [1.82, 2.24) is 9.80 Å². The van der Waals surface area contributed by atoms with Crippen molar-refractivity contribution >= 4 is 17.5 Å². The number of benzene rings is 1. The van der Waals surface area contributed by atoms with Crippen LogP contribution >= 0.6 is 11.6 Å². The van der Waals surface area contributed by atoms with Crippen molar-refractivity contribution in [2.24, 2.45) is 5.41 Å². The summed E-state index contributed by atoms with van der Waals surface area (Å²) in [5.74, 6) is -0.349. The zero-order chi connectivity index (χ0) is 16.8. The molecular weight excluding hydrogens is 329 g/mol. The number of carbonyl (C=O) groups excluding carboxylic acids is 1. The van der Waals surface area contributed by atoms with E-state index in [1.54, 1.807) is 4.90 Å². The van der Waals surface area contributed by atoms with Crippen molar-refractivity contribution < 1.29 is 18.0 Å². The van der Waals surface area contributed by atoms with Crippen molar-refractivity contribution in [3.63, 3.8) is 0 Å². The van der Waals surface area contributed by atoms with Crippen LogP contribution in [0, 0.1) is 5.41 Å². The number of likely N-dealkylation sites (tertiary alicyclic amines) is 2. The third kappa shape index (κ3) is 3.19. The van der Waals surface area contributed by atoms with Crippen LogP contribution in [0.2, 0.25) is 5.02 Å². The molecule has 2 heterocycles. The number of amides is 1. The van der Waals surface area contributed by atoms with E-state index in [1.165, 1.54) is 6.07 Å². The Balaban J connectivity index is 1.79. The summed E-state index contributed by atoms with van der Waals surface area (Å²) >= 11 is 5.61. The Hall–Kier alpha value is -1.27. The van der Waals surface area contributed by atoms with Gasteiger partial charge in [0.25, 0.3) is 5.91 Å². The van der Waals surface area contributed by atoms with Gasteiger partial charge in [-0.2, -0.15) is 13.2 Å². The fourth-order valence-electron chi connectivity index (χ4n) is 3.66. The SMILES string of the molecule is CN1CCC2(CCN(C(=O)c3ccc(Cl)c(C(F)(F)F)c3)C2)C1. The van der Waals surface area contributed by atoms with Gasteiger partial charge in [0.15, 0.2) is 0 Å². The first-order valence-electron chi connectivity index (χ1n) is 7.55. The van der Waals surface area contributed by atoms with E-state index >= 15 is 0 Å². The maximum absolute atomic E-state index is 12.9. The molecule has 3 nitrogen and oxygen atoms in total. The quantitative estimate of drug-likeness (QED) is 0.776. The summed E-state index contributed by atoms with van der Waals surface area (Å²) in [4.78, 5) is 16.5. The number of nitrogens with zero attached hydrogens (tertiary/aromatic N) is 2. The largest absolute Gasteiger partial charge is 0.417 e. The Labute approximate surface area is 138 Å². The monoisotopic (exact) mass is 346 g/mol. The third-order valence-corrected chi connectivity index (χ3v) is 5.20. The molecule has 1 unspecified atom stereocenters. The molecular formula is C16H18ClF3N2O. The fraction of sp³-hybridized carbons (Fsp3) is 0.562. The maximum atomic E-state index is 12.9. The average molecular weight is 347 g/mol. The number of hydrogen-bond donors (Lipinski definition) is 0. The summed E-state index contributed by atoms with van der Waals surface area (Å²) in [6.45, 7) is 3.14. The molecule has 7 heteroatoms. The lowest BCUT2D eigenvalue weighted by molar-refractivity contribution is -0.137. The number of rotatable bonds is 1. The Kier molecular flexibility index (Phi) is 4.09. The molecule has 126 valence electrons. The zero-order valence-corrected chi connectivity index (χ0v) is 13.5. The van der Waals surface area contributed by atoms with Crippen LogP contribution in [0.15, 0.2) is 18.2 Å². The van der Waals surface area contributed by atoms with E-state index in [0.717, 1.165) is 38.1 Å². The molecule has 0 saturated carbocycles. The van der Waals surface area contributed by atoms with Crippen LogP contribution in [0.3, 0.4) is 0 Å². The van der Waals surface area contributed by atoms with Crippen molar-refractivity contribution in [3.05, 3.63) is 34.3 Å². The Bertz CT molecular complexity index is 634. The molecule has 2 saturated heterocycles. The molecule has 0 aromatic heterocycles. The molecule has 0 N–H and O–H groups in total. The summed E-state index contributed by atoms with van der Waals surface area (Å²) in [7, 11) is 2.05. The molecule has 2 fully saturated rings. The van der Waals surface area contributed by atoms with E-state index in [-0.39, 0.29) is 21.9 Å². The van der Waals surface area contributed by atoms with Gasteiger partial charge in [0, 0.05) is 30.6 Å². The fourth-order valence-corrected chi connectivity index (χ4v) is 3.88. The van der Waals surface area contributed by atoms with Crippen molar-refractivity contribution in [3.8, 4) is 0 Å².